The van der Waals surface area contributed by atoms with E-state index in [1.807, 2.05) is 0 Å². The van der Waals surface area contributed by atoms with E-state index in [0.717, 1.165) is 32.7 Å². The van der Waals surface area contributed by atoms with Crippen molar-refractivity contribution in [1.82, 2.24) is 20.0 Å². The van der Waals surface area contributed by atoms with Crippen molar-refractivity contribution in [2.24, 2.45) is 5.92 Å². The number of piperazine rings is 1. The molecule has 2 heterocycles. The van der Waals surface area contributed by atoms with Gasteiger partial charge in [0.1, 0.15) is 5.02 Å². The minimum absolute atomic E-state index is 0.172. The van der Waals surface area contributed by atoms with Gasteiger partial charge in [0, 0.05) is 38.8 Å². The van der Waals surface area contributed by atoms with Gasteiger partial charge in [0.05, 0.1) is 11.9 Å². The normalized spacial score (nSPS) is 18.9. The standard InChI is InChI=1S/C14H24ClN5O/c1-10(2)12(20-6-4-19(3)5-7-20)9-16-11-8-17-18-14(21)13(11)15/h8,10,12H,4-7,9H2,1-3H3,(H2,16,18,21). The number of rotatable bonds is 5. The van der Waals surface area contributed by atoms with E-state index in [2.05, 4.69) is 46.2 Å². The van der Waals surface area contributed by atoms with Crippen LogP contribution in [0.4, 0.5) is 5.69 Å². The number of likely N-dealkylation sites (N-methyl/N-ethyl adjacent to an activating group) is 1. The fourth-order valence-corrected chi connectivity index (χ4v) is 2.82. The Morgan fingerprint density at radius 1 is 1.38 bits per heavy atom. The fourth-order valence-electron chi connectivity index (χ4n) is 2.66. The first-order chi connectivity index (χ1) is 9.99. The molecule has 1 fully saturated rings. The van der Waals surface area contributed by atoms with Crippen LogP contribution in [0.25, 0.3) is 0 Å². The highest BCUT2D eigenvalue weighted by molar-refractivity contribution is 6.32. The maximum atomic E-state index is 11.5. The summed E-state index contributed by atoms with van der Waals surface area (Å²) in [6.45, 7) is 9.54. The van der Waals surface area contributed by atoms with Gasteiger partial charge in [-0.15, -0.1) is 0 Å². The van der Waals surface area contributed by atoms with Crippen molar-refractivity contribution < 1.29 is 0 Å². The monoisotopic (exact) mass is 313 g/mol. The smallest absolute Gasteiger partial charge is 0.285 e. The zero-order valence-electron chi connectivity index (χ0n) is 12.9. The highest BCUT2D eigenvalue weighted by Crippen LogP contribution is 2.18. The lowest BCUT2D eigenvalue weighted by Crippen LogP contribution is -2.52. The molecule has 0 aromatic carbocycles. The second kappa shape index (κ2) is 7.24. The number of anilines is 1. The third-order valence-corrected chi connectivity index (χ3v) is 4.45. The van der Waals surface area contributed by atoms with Crippen molar-refractivity contribution in [3.05, 3.63) is 21.6 Å². The number of H-pyrrole nitrogens is 1. The second-order valence-corrected chi connectivity index (χ2v) is 6.34. The minimum Gasteiger partial charge on any atom is -0.381 e. The Morgan fingerprint density at radius 2 is 2.05 bits per heavy atom. The highest BCUT2D eigenvalue weighted by Gasteiger charge is 2.25. The van der Waals surface area contributed by atoms with Gasteiger partial charge in [-0.25, -0.2) is 5.10 Å². The van der Waals surface area contributed by atoms with Crippen LogP contribution in [0.5, 0.6) is 0 Å². The zero-order valence-corrected chi connectivity index (χ0v) is 13.7. The van der Waals surface area contributed by atoms with Crippen LogP contribution in [-0.2, 0) is 0 Å². The first-order valence-electron chi connectivity index (χ1n) is 7.38. The lowest BCUT2D eigenvalue weighted by molar-refractivity contribution is 0.0944. The summed E-state index contributed by atoms with van der Waals surface area (Å²) in [5, 5.41) is 9.56. The molecule has 2 N–H and O–H groups in total. The van der Waals surface area contributed by atoms with Crippen LogP contribution in [0.2, 0.25) is 5.02 Å². The summed E-state index contributed by atoms with van der Waals surface area (Å²) in [5.74, 6) is 0.523. The number of hydrogen-bond donors (Lipinski definition) is 2. The number of nitrogens with zero attached hydrogens (tertiary/aromatic N) is 3. The van der Waals surface area contributed by atoms with Crippen molar-refractivity contribution in [1.29, 1.82) is 0 Å². The maximum Gasteiger partial charge on any atom is 0.285 e. The Bertz CT molecular complexity index is 510. The molecule has 6 nitrogen and oxygen atoms in total. The molecule has 0 bridgehead atoms. The van der Waals surface area contributed by atoms with E-state index < -0.39 is 0 Å². The lowest BCUT2D eigenvalue weighted by Gasteiger charge is -2.40. The molecule has 1 aromatic rings. The summed E-state index contributed by atoms with van der Waals surface area (Å²) in [7, 11) is 2.15. The molecule has 1 aliphatic heterocycles. The molecule has 1 unspecified atom stereocenters. The van der Waals surface area contributed by atoms with Crippen molar-refractivity contribution in [3.63, 3.8) is 0 Å². The Morgan fingerprint density at radius 3 is 2.67 bits per heavy atom. The van der Waals surface area contributed by atoms with Crippen LogP contribution in [0.1, 0.15) is 13.8 Å². The maximum absolute atomic E-state index is 11.5. The zero-order chi connectivity index (χ0) is 15.4. The molecular formula is C14H24ClN5O. The molecule has 0 aliphatic carbocycles. The van der Waals surface area contributed by atoms with E-state index >= 15 is 0 Å². The molecule has 1 saturated heterocycles. The number of halogens is 1. The number of aromatic amines is 1. The second-order valence-electron chi connectivity index (χ2n) is 5.96. The Kier molecular flexibility index (Phi) is 5.61. The molecule has 1 aromatic heterocycles. The van der Waals surface area contributed by atoms with Crippen LogP contribution in [0.3, 0.4) is 0 Å². The van der Waals surface area contributed by atoms with E-state index in [1.54, 1.807) is 6.20 Å². The third kappa shape index (κ3) is 4.18. The molecule has 21 heavy (non-hydrogen) atoms. The van der Waals surface area contributed by atoms with Crippen molar-refractivity contribution in [2.45, 2.75) is 19.9 Å². The van der Waals surface area contributed by atoms with Crippen LogP contribution in [-0.4, -0.2) is 65.8 Å². The average Bonchev–Trinajstić information content (AvgIpc) is 2.45. The first kappa shape index (κ1) is 16.3. The van der Waals surface area contributed by atoms with E-state index in [1.165, 1.54) is 0 Å². The molecular weight excluding hydrogens is 290 g/mol. The summed E-state index contributed by atoms with van der Waals surface area (Å²) in [6, 6.07) is 0.411. The van der Waals surface area contributed by atoms with Gasteiger partial charge in [-0.2, -0.15) is 5.10 Å². The van der Waals surface area contributed by atoms with Gasteiger partial charge < -0.3 is 10.2 Å². The van der Waals surface area contributed by atoms with Gasteiger partial charge in [0.2, 0.25) is 0 Å². The van der Waals surface area contributed by atoms with Gasteiger partial charge in [-0.1, -0.05) is 25.4 Å². The van der Waals surface area contributed by atoms with E-state index in [4.69, 9.17) is 11.6 Å². The fraction of sp³-hybridized carbons (Fsp3) is 0.714. The van der Waals surface area contributed by atoms with Crippen LogP contribution in [0, 0.1) is 5.92 Å². The summed E-state index contributed by atoms with van der Waals surface area (Å²) in [5.41, 5.74) is 0.238. The summed E-state index contributed by atoms with van der Waals surface area (Å²) in [4.78, 5) is 16.3. The molecule has 7 heteroatoms. The molecule has 0 radical (unpaired) electrons. The van der Waals surface area contributed by atoms with Gasteiger partial charge in [0.15, 0.2) is 0 Å². The largest absolute Gasteiger partial charge is 0.381 e. The molecule has 1 aliphatic rings. The number of aromatic nitrogens is 2. The lowest BCUT2D eigenvalue weighted by atomic mass is 10.0. The Hall–Kier alpha value is -1.11. The van der Waals surface area contributed by atoms with Crippen molar-refractivity contribution in [2.75, 3.05) is 45.1 Å². The number of nitrogens with one attached hydrogen (secondary N) is 2. The third-order valence-electron chi connectivity index (χ3n) is 4.07. The molecule has 118 valence electrons. The van der Waals surface area contributed by atoms with Gasteiger partial charge in [-0.05, 0) is 13.0 Å². The van der Waals surface area contributed by atoms with E-state index in [-0.39, 0.29) is 10.6 Å². The summed E-state index contributed by atoms with van der Waals surface area (Å²) in [6.07, 6.45) is 1.56. The predicted octanol–water partition coefficient (Wildman–Crippen LogP) is 1.11. The van der Waals surface area contributed by atoms with Crippen LogP contribution >= 0.6 is 11.6 Å². The van der Waals surface area contributed by atoms with Gasteiger partial charge in [-0.3, -0.25) is 9.69 Å². The van der Waals surface area contributed by atoms with Gasteiger partial charge in [0.25, 0.3) is 5.56 Å². The quantitative estimate of drug-likeness (QED) is 0.852. The molecule has 2 rings (SSSR count). The first-order valence-corrected chi connectivity index (χ1v) is 7.76. The minimum atomic E-state index is -0.359. The SMILES string of the molecule is CC(C)C(CNc1cn[nH]c(=O)c1Cl)N1CCN(C)CC1. The van der Waals surface area contributed by atoms with Crippen LogP contribution < -0.4 is 10.9 Å². The van der Waals surface area contributed by atoms with Crippen LogP contribution in [0.15, 0.2) is 11.0 Å². The number of hydrogen-bond acceptors (Lipinski definition) is 5. The molecule has 1 atom stereocenters. The topological polar surface area (TPSA) is 64.3 Å². The van der Waals surface area contributed by atoms with Crippen molar-refractivity contribution in [3.8, 4) is 0 Å². The molecule has 0 spiro atoms. The summed E-state index contributed by atoms with van der Waals surface area (Å²) < 4.78 is 0. The van der Waals surface area contributed by atoms with Crippen molar-refractivity contribution >= 4 is 17.3 Å². The van der Waals surface area contributed by atoms with E-state index in [0.29, 0.717) is 17.6 Å². The molecule has 0 amide bonds. The Balaban J connectivity index is 2.00. The Labute approximate surface area is 130 Å². The summed E-state index contributed by atoms with van der Waals surface area (Å²) >= 11 is 5.99. The average molecular weight is 314 g/mol. The highest BCUT2D eigenvalue weighted by atomic mass is 35.5. The molecule has 0 saturated carbocycles. The van der Waals surface area contributed by atoms with Gasteiger partial charge >= 0.3 is 0 Å². The predicted molar refractivity (Wildman–Crippen MR) is 86.1 cm³/mol. The van der Waals surface area contributed by atoms with E-state index in [9.17, 15) is 4.79 Å².